The van der Waals surface area contributed by atoms with Crippen molar-refractivity contribution in [1.29, 1.82) is 0 Å². The summed E-state index contributed by atoms with van der Waals surface area (Å²) >= 11 is 0. The molecule has 0 aromatic heterocycles. The number of nitrogens with one attached hydrogen (secondary N) is 1. The van der Waals surface area contributed by atoms with Gasteiger partial charge in [0.05, 0.1) is 0 Å². The minimum atomic E-state index is 0.699. The van der Waals surface area contributed by atoms with Gasteiger partial charge in [0.15, 0.2) is 0 Å². The molecule has 0 heterocycles. The monoisotopic (exact) mass is 212 g/mol. The van der Waals surface area contributed by atoms with Crippen LogP contribution < -0.4 is 5.32 Å². The molecular formula is C13H28N2. The van der Waals surface area contributed by atoms with E-state index in [-0.39, 0.29) is 0 Å². The van der Waals surface area contributed by atoms with Crippen LogP contribution in [0.5, 0.6) is 0 Å². The van der Waals surface area contributed by atoms with Crippen molar-refractivity contribution >= 4 is 0 Å². The lowest BCUT2D eigenvalue weighted by atomic mass is 9.85. The maximum absolute atomic E-state index is 3.58. The number of hydrogen-bond donors (Lipinski definition) is 1. The Labute approximate surface area is 95.4 Å². The highest BCUT2D eigenvalue weighted by Gasteiger charge is 2.20. The van der Waals surface area contributed by atoms with Gasteiger partial charge in [0.25, 0.3) is 0 Å². The first kappa shape index (κ1) is 13.0. The van der Waals surface area contributed by atoms with Crippen LogP contribution in [0.15, 0.2) is 0 Å². The smallest absolute Gasteiger partial charge is 0.0194 e. The minimum absolute atomic E-state index is 0.699. The molecule has 0 aromatic carbocycles. The highest BCUT2D eigenvalue weighted by Crippen LogP contribution is 2.26. The van der Waals surface area contributed by atoms with E-state index >= 15 is 0 Å². The van der Waals surface area contributed by atoms with Crippen molar-refractivity contribution < 1.29 is 0 Å². The first-order valence-electron chi connectivity index (χ1n) is 6.68. The van der Waals surface area contributed by atoms with Crippen LogP contribution in [-0.2, 0) is 0 Å². The van der Waals surface area contributed by atoms with Gasteiger partial charge in [0, 0.05) is 19.1 Å². The van der Waals surface area contributed by atoms with Crippen molar-refractivity contribution in [2.24, 2.45) is 5.92 Å². The molecule has 1 fully saturated rings. The van der Waals surface area contributed by atoms with Gasteiger partial charge in [-0.25, -0.2) is 0 Å². The van der Waals surface area contributed by atoms with Crippen LogP contribution in [0, 0.1) is 5.92 Å². The Balaban J connectivity index is 2.15. The molecule has 1 saturated carbocycles. The van der Waals surface area contributed by atoms with Gasteiger partial charge in [0.1, 0.15) is 0 Å². The van der Waals surface area contributed by atoms with Crippen molar-refractivity contribution in [2.75, 3.05) is 26.7 Å². The lowest BCUT2D eigenvalue weighted by Gasteiger charge is -2.32. The third-order valence-corrected chi connectivity index (χ3v) is 3.46. The van der Waals surface area contributed by atoms with Crippen LogP contribution in [0.1, 0.15) is 46.0 Å². The van der Waals surface area contributed by atoms with E-state index in [0.717, 1.165) is 12.5 Å². The van der Waals surface area contributed by atoms with E-state index < -0.39 is 0 Å². The van der Waals surface area contributed by atoms with Crippen molar-refractivity contribution in [3.8, 4) is 0 Å². The molecule has 2 nitrogen and oxygen atoms in total. The number of hydrogen-bond acceptors (Lipinski definition) is 2. The van der Waals surface area contributed by atoms with Crippen molar-refractivity contribution in [3.05, 3.63) is 0 Å². The van der Waals surface area contributed by atoms with Gasteiger partial charge < -0.3 is 10.2 Å². The van der Waals surface area contributed by atoms with E-state index in [1.807, 2.05) is 0 Å². The minimum Gasteiger partial charge on any atom is -0.313 e. The Morgan fingerprint density at radius 1 is 1.33 bits per heavy atom. The standard InChI is InChI=1S/C13H28N2/c1-4-7-13(14-5-2)11-15(3)10-12-8-6-9-12/h12-14H,4-11H2,1-3H3. The van der Waals surface area contributed by atoms with Crippen LogP contribution in [0.4, 0.5) is 0 Å². The second-order valence-electron chi connectivity index (χ2n) is 5.06. The SMILES string of the molecule is CCCC(CN(C)CC1CCC1)NCC. The van der Waals surface area contributed by atoms with Gasteiger partial charge in [-0.1, -0.05) is 26.7 Å². The topological polar surface area (TPSA) is 15.3 Å². The molecule has 0 bridgehead atoms. The molecule has 1 unspecified atom stereocenters. The molecule has 0 aromatic rings. The molecule has 1 N–H and O–H groups in total. The second-order valence-corrected chi connectivity index (χ2v) is 5.06. The number of nitrogens with zero attached hydrogens (tertiary/aromatic N) is 1. The van der Waals surface area contributed by atoms with Crippen LogP contribution >= 0.6 is 0 Å². The van der Waals surface area contributed by atoms with Crippen LogP contribution in [-0.4, -0.2) is 37.6 Å². The predicted octanol–water partition coefficient (Wildman–Crippen LogP) is 2.50. The third kappa shape index (κ3) is 4.98. The summed E-state index contributed by atoms with van der Waals surface area (Å²) in [6.07, 6.45) is 6.98. The summed E-state index contributed by atoms with van der Waals surface area (Å²) in [5.41, 5.74) is 0. The fourth-order valence-corrected chi connectivity index (χ4v) is 2.46. The summed E-state index contributed by atoms with van der Waals surface area (Å²) in [7, 11) is 2.28. The molecule has 0 radical (unpaired) electrons. The zero-order valence-electron chi connectivity index (χ0n) is 10.8. The lowest BCUT2D eigenvalue weighted by molar-refractivity contribution is 0.189. The first-order chi connectivity index (χ1) is 7.26. The summed E-state index contributed by atoms with van der Waals surface area (Å²) in [6, 6.07) is 0.699. The Kier molecular flexibility index (Phi) is 6.26. The average Bonchev–Trinajstić information content (AvgIpc) is 2.12. The summed E-state index contributed by atoms with van der Waals surface area (Å²) in [5.74, 6) is 0.999. The van der Waals surface area contributed by atoms with E-state index in [4.69, 9.17) is 0 Å². The Morgan fingerprint density at radius 2 is 2.07 bits per heavy atom. The van der Waals surface area contributed by atoms with Gasteiger partial charge in [-0.05, 0) is 38.8 Å². The summed E-state index contributed by atoms with van der Waals surface area (Å²) in [5, 5.41) is 3.58. The molecule has 1 aliphatic rings. The number of rotatable bonds is 8. The van der Waals surface area contributed by atoms with E-state index in [1.165, 1.54) is 45.2 Å². The lowest BCUT2D eigenvalue weighted by Crippen LogP contribution is -2.41. The molecule has 0 spiro atoms. The Hall–Kier alpha value is -0.0800. The molecule has 15 heavy (non-hydrogen) atoms. The van der Waals surface area contributed by atoms with Crippen LogP contribution in [0.3, 0.4) is 0 Å². The quantitative estimate of drug-likeness (QED) is 0.665. The van der Waals surface area contributed by atoms with E-state index in [2.05, 4.69) is 31.1 Å². The normalized spacial score (nSPS) is 19.2. The fourth-order valence-electron chi connectivity index (χ4n) is 2.46. The van der Waals surface area contributed by atoms with E-state index in [0.29, 0.717) is 6.04 Å². The van der Waals surface area contributed by atoms with E-state index in [1.54, 1.807) is 0 Å². The van der Waals surface area contributed by atoms with Gasteiger partial charge in [-0.2, -0.15) is 0 Å². The molecule has 1 aliphatic carbocycles. The average molecular weight is 212 g/mol. The Morgan fingerprint density at radius 3 is 2.53 bits per heavy atom. The molecule has 0 saturated heterocycles. The van der Waals surface area contributed by atoms with Crippen molar-refractivity contribution in [1.82, 2.24) is 10.2 Å². The summed E-state index contributed by atoms with van der Waals surface area (Å²) in [4.78, 5) is 2.52. The predicted molar refractivity (Wildman–Crippen MR) is 67.2 cm³/mol. The van der Waals surface area contributed by atoms with Gasteiger partial charge in [0.2, 0.25) is 0 Å². The van der Waals surface area contributed by atoms with Crippen molar-refractivity contribution in [3.63, 3.8) is 0 Å². The van der Waals surface area contributed by atoms with Gasteiger partial charge in [-0.15, -0.1) is 0 Å². The van der Waals surface area contributed by atoms with Gasteiger partial charge in [-0.3, -0.25) is 0 Å². The molecule has 0 amide bonds. The zero-order valence-corrected chi connectivity index (χ0v) is 10.8. The largest absolute Gasteiger partial charge is 0.313 e. The number of likely N-dealkylation sites (N-methyl/N-ethyl adjacent to an activating group) is 2. The second kappa shape index (κ2) is 7.24. The summed E-state index contributed by atoms with van der Waals surface area (Å²) in [6.45, 7) is 8.11. The van der Waals surface area contributed by atoms with Crippen molar-refractivity contribution in [2.45, 2.75) is 52.0 Å². The molecule has 90 valence electrons. The summed E-state index contributed by atoms with van der Waals surface area (Å²) < 4.78 is 0. The first-order valence-corrected chi connectivity index (χ1v) is 6.68. The Bertz CT molecular complexity index is 149. The fraction of sp³-hybridized carbons (Fsp3) is 1.00. The molecule has 1 rings (SSSR count). The molecule has 1 atom stereocenters. The molecule has 2 heteroatoms. The van der Waals surface area contributed by atoms with Crippen LogP contribution in [0.2, 0.25) is 0 Å². The maximum Gasteiger partial charge on any atom is 0.0194 e. The molecular weight excluding hydrogens is 184 g/mol. The van der Waals surface area contributed by atoms with Gasteiger partial charge >= 0.3 is 0 Å². The van der Waals surface area contributed by atoms with Crippen LogP contribution in [0.25, 0.3) is 0 Å². The highest BCUT2D eigenvalue weighted by molar-refractivity contribution is 4.75. The zero-order chi connectivity index (χ0) is 11.1. The molecule has 0 aliphatic heterocycles. The third-order valence-electron chi connectivity index (χ3n) is 3.46. The van der Waals surface area contributed by atoms with E-state index in [9.17, 15) is 0 Å². The maximum atomic E-state index is 3.58. The highest BCUT2D eigenvalue weighted by atomic mass is 15.1.